The summed E-state index contributed by atoms with van der Waals surface area (Å²) in [6, 6.07) is 2.18. The van der Waals surface area contributed by atoms with Crippen molar-refractivity contribution in [2.24, 2.45) is 0 Å². The maximum Gasteiger partial charge on any atom is 0.344 e. The molecule has 2 aromatic heterocycles. The third kappa shape index (κ3) is 3.39. The van der Waals surface area contributed by atoms with Crippen LogP contribution in [0.1, 0.15) is 13.8 Å². The van der Waals surface area contributed by atoms with Crippen LogP contribution in [0, 0.1) is 0 Å². The second-order valence-corrected chi connectivity index (χ2v) is 8.32. The molecule has 13 heteroatoms. The number of aliphatic hydroxyl groups excluding tert-OH is 2. The quantitative estimate of drug-likeness (QED) is 0.172. The SMILES string of the molecule is COc1c(O)cc2c(=O)oc3c(O)c(O[C@@H]4O[C@@H](C)[C@H](OC(C)=O)[C@@H](O)[C@H]4O)cc4c(=O)oc1c2c34. The Kier molecular flexibility index (Phi) is 5.43. The molecule has 1 aliphatic heterocycles. The molecular formula is C23H20O13. The normalized spacial score (nSPS) is 24.4. The van der Waals surface area contributed by atoms with Crippen molar-refractivity contribution in [2.75, 3.05) is 7.11 Å². The van der Waals surface area contributed by atoms with Crippen LogP contribution >= 0.6 is 0 Å². The zero-order chi connectivity index (χ0) is 26.0. The number of carbonyl (C=O) groups excluding carboxylic acids is 1. The molecular weight excluding hydrogens is 484 g/mol. The lowest BCUT2D eigenvalue weighted by molar-refractivity contribution is -0.272. The summed E-state index contributed by atoms with van der Waals surface area (Å²) in [6.45, 7) is 2.60. The van der Waals surface area contributed by atoms with Crippen LogP contribution in [-0.4, -0.2) is 64.2 Å². The van der Waals surface area contributed by atoms with Crippen molar-refractivity contribution >= 4 is 38.7 Å². The van der Waals surface area contributed by atoms with Crippen LogP contribution in [0.5, 0.6) is 23.0 Å². The highest BCUT2D eigenvalue weighted by atomic mass is 16.7. The van der Waals surface area contributed by atoms with E-state index in [4.69, 9.17) is 27.8 Å². The molecule has 4 N–H and O–H groups in total. The smallest absolute Gasteiger partial charge is 0.344 e. The Bertz CT molecular complexity index is 1620. The van der Waals surface area contributed by atoms with Crippen molar-refractivity contribution in [1.29, 1.82) is 0 Å². The molecule has 0 radical (unpaired) electrons. The van der Waals surface area contributed by atoms with Crippen molar-refractivity contribution in [2.45, 2.75) is 44.6 Å². The molecule has 3 heterocycles. The van der Waals surface area contributed by atoms with Gasteiger partial charge in [0.15, 0.2) is 28.8 Å². The van der Waals surface area contributed by atoms with Crippen LogP contribution in [0.2, 0.25) is 0 Å². The van der Waals surface area contributed by atoms with Gasteiger partial charge in [-0.3, -0.25) is 4.79 Å². The first kappa shape index (κ1) is 23.7. The molecule has 5 rings (SSSR count). The molecule has 0 saturated carbocycles. The van der Waals surface area contributed by atoms with Crippen LogP contribution < -0.4 is 20.7 Å². The molecule has 0 unspecified atom stereocenters. The fourth-order valence-electron chi connectivity index (χ4n) is 4.43. The Morgan fingerprint density at radius 1 is 0.972 bits per heavy atom. The first-order valence-corrected chi connectivity index (χ1v) is 10.7. The molecule has 0 bridgehead atoms. The molecule has 4 aromatic rings. The first-order valence-electron chi connectivity index (χ1n) is 10.7. The van der Waals surface area contributed by atoms with E-state index in [1.54, 1.807) is 0 Å². The maximum atomic E-state index is 12.9. The number of rotatable bonds is 4. The molecule has 1 saturated heterocycles. The number of aliphatic hydroxyl groups is 2. The van der Waals surface area contributed by atoms with Crippen molar-refractivity contribution in [3.63, 3.8) is 0 Å². The van der Waals surface area contributed by atoms with Gasteiger partial charge in [0.2, 0.25) is 17.8 Å². The number of ether oxygens (including phenoxy) is 4. The number of benzene rings is 2. The zero-order valence-electron chi connectivity index (χ0n) is 19.0. The second kappa shape index (κ2) is 8.26. The van der Waals surface area contributed by atoms with Gasteiger partial charge in [-0.1, -0.05) is 0 Å². The fourth-order valence-corrected chi connectivity index (χ4v) is 4.43. The molecule has 1 fully saturated rings. The van der Waals surface area contributed by atoms with E-state index in [0.29, 0.717) is 0 Å². The number of phenols is 2. The number of hydrogen-bond acceptors (Lipinski definition) is 13. The second-order valence-electron chi connectivity index (χ2n) is 8.32. The van der Waals surface area contributed by atoms with Gasteiger partial charge in [0.25, 0.3) is 0 Å². The van der Waals surface area contributed by atoms with Gasteiger partial charge in [-0.2, -0.15) is 0 Å². The molecule has 13 nitrogen and oxygen atoms in total. The molecule has 0 amide bonds. The topological polar surface area (TPSA) is 195 Å². The average Bonchev–Trinajstić information content (AvgIpc) is 2.81. The lowest BCUT2D eigenvalue weighted by Gasteiger charge is -2.40. The molecule has 5 atom stereocenters. The third-order valence-corrected chi connectivity index (χ3v) is 6.04. The lowest BCUT2D eigenvalue weighted by atomic mass is 9.99. The minimum absolute atomic E-state index is 0.00689. The van der Waals surface area contributed by atoms with Gasteiger partial charge in [-0.05, 0) is 19.1 Å². The number of phenolic OH excluding ortho intramolecular Hbond substituents is 2. The minimum atomic E-state index is -1.73. The van der Waals surface area contributed by atoms with Gasteiger partial charge in [0, 0.05) is 17.7 Å². The largest absolute Gasteiger partial charge is 0.504 e. The molecule has 2 aromatic carbocycles. The maximum absolute atomic E-state index is 12.9. The summed E-state index contributed by atoms with van der Waals surface area (Å²) in [5.41, 5.74) is -2.56. The van der Waals surface area contributed by atoms with E-state index in [-0.39, 0.29) is 32.9 Å². The number of esters is 1. The summed E-state index contributed by atoms with van der Waals surface area (Å²) in [6.07, 6.45) is -7.01. The predicted molar refractivity (Wildman–Crippen MR) is 120 cm³/mol. The highest BCUT2D eigenvalue weighted by Crippen LogP contribution is 2.45. The van der Waals surface area contributed by atoms with Gasteiger partial charge in [-0.15, -0.1) is 0 Å². The van der Waals surface area contributed by atoms with E-state index in [1.807, 2.05) is 0 Å². The molecule has 0 aliphatic carbocycles. The van der Waals surface area contributed by atoms with E-state index in [9.17, 15) is 34.8 Å². The van der Waals surface area contributed by atoms with Crippen LogP contribution in [0.3, 0.4) is 0 Å². The summed E-state index contributed by atoms with van der Waals surface area (Å²) in [5.74, 6) is -2.49. The lowest BCUT2D eigenvalue weighted by Crippen LogP contribution is -2.59. The van der Waals surface area contributed by atoms with Crippen molar-refractivity contribution in [3.8, 4) is 23.0 Å². The van der Waals surface area contributed by atoms with Crippen molar-refractivity contribution in [1.82, 2.24) is 0 Å². The van der Waals surface area contributed by atoms with E-state index < -0.39 is 70.8 Å². The Labute approximate surface area is 199 Å². The molecule has 1 aliphatic rings. The number of hydrogen-bond donors (Lipinski definition) is 4. The monoisotopic (exact) mass is 504 g/mol. The minimum Gasteiger partial charge on any atom is -0.504 e. The Balaban J connectivity index is 1.66. The van der Waals surface area contributed by atoms with Crippen molar-refractivity contribution < 1.29 is 53.0 Å². The van der Waals surface area contributed by atoms with E-state index in [1.165, 1.54) is 14.0 Å². The van der Waals surface area contributed by atoms with Crippen LogP contribution in [0.4, 0.5) is 0 Å². The molecule has 190 valence electrons. The van der Waals surface area contributed by atoms with Gasteiger partial charge in [0.1, 0.15) is 12.2 Å². The predicted octanol–water partition coefficient (Wildman–Crippen LogP) is 0.687. The van der Waals surface area contributed by atoms with E-state index in [2.05, 4.69) is 0 Å². The van der Waals surface area contributed by atoms with Crippen LogP contribution in [0.25, 0.3) is 32.7 Å². The Hall–Kier alpha value is -4.07. The molecule has 36 heavy (non-hydrogen) atoms. The third-order valence-electron chi connectivity index (χ3n) is 6.04. The van der Waals surface area contributed by atoms with Gasteiger partial charge < -0.3 is 48.2 Å². The first-order chi connectivity index (χ1) is 17.0. The summed E-state index contributed by atoms with van der Waals surface area (Å²) >= 11 is 0. The number of methoxy groups -OCH3 is 1. The average molecular weight is 504 g/mol. The highest BCUT2D eigenvalue weighted by Gasteiger charge is 2.46. The molecule has 0 spiro atoms. The van der Waals surface area contributed by atoms with Crippen molar-refractivity contribution in [3.05, 3.63) is 33.0 Å². The van der Waals surface area contributed by atoms with Gasteiger partial charge in [0.05, 0.1) is 24.0 Å². The summed E-state index contributed by atoms with van der Waals surface area (Å²) in [5, 5.41) is 41.8. The number of aromatic hydroxyl groups is 2. The summed E-state index contributed by atoms with van der Waals surface area (Å²) < 4.78 is 31.8. The standard InChI is InChI=1S/C23H20O13/c1-6-17(33-7(2)24)15(27)16(28)23(32-6)34-11-5-9-12-13-8(21(29)35-19(12)14(11)26)4-10(25)18(31-3)20(13)36-22(9)30/h4-6,15-17,23,25-28H,1-3H3/t6-,15-,16+,17-,23-/m0/s1. The highest BCUT2D eigenvalue weighted by molar-refractivity contribution is 6.22. The Morgan fingerprint density at radius 3 is 2.22 bits per heavy atom. The van der Waals surface area contributed by atoms with Crippen LogP contribution in [-0.2, 0) is 14.3 Å². The fraction of sp³-hybridized carbons (Fsp3) is 0.348. The van der Waals surface area contributed by atoms with Gasteiger partial charge >= 0.3 is 17.2 Å². The number of carbonyl (C=O) groups is 1. The summed E-state index contributed by atoms with van der Waals surface area (Å²) in [4.78, 5) is 36.8. The van der Waals surface area contributed by atoms with Gasteiger partial charge in [-0.25, -0.2) is 9.59 Å². The van der Waals surface area contributed by atoms with Crippen LogP contribution in [0.15, 0.2) is 30.6 Å². The van der Waals surface area contributed by atoms with E-state index >= 15 is 0 Å². The Morgan fingerprint density at radius 2 is 1.58 bits per heavy atom. The zero-order valence-corrected chi connectivity index (χ0v) is 19.0. The summed E-state index contributed by atoms with van der Waals surface area (Å²) in [7, 11) is 1.23. The van der Waals surface area contributed by atoms with E-state index in [0.717, 1.165) is 19.1 Å².